The van der Waals surface area contributed by atoms with Crippen LogP contribution in [0.5, 0.6) is 5.75 Å². The van der Waals surface area contributed by atoms with Gasteiger partial charge in [-0.3, -0.25) is 10.1 Å². The second kappa shape index (κ2) is 7.26. The molecule has 0 unspecified atom stereocenters. The van der Waals surface area contributed by atoms with Crippen molar-refractivity contribution >= 4 is 34.0 Å². The van der Waals surface area contributed by atoms with E-state index in [9.17, 15) is 4.79 Å². The third kappa shape index (κ3) is 4.09. The minimum atomic E-state index is -0.244. The zero-order valence-corrected chi connectivity index (χ0v) is 13.6. The number of hydrogen-bond acceptors (Lipinski definition) is 4. The van der Waals surface area contributed by atoms with Crippen molar-refractivity contribution < 1.29 is 9.53 Å². The molecule has 1 heterocycles. The number of hydrogen-bond donors (Lipinski definition) is 1. The molecule has 0 saturated heterocycles. The number of aromatic nitrogens is 1. The van der Waals surface area contributed by atoms with Crippen molar-refractivity contribution in [2.75, 3.05) is 5.32 Å². The van der Waals surface area contributed by atoms with Crippen LogP contribution in [0.1, 0.15) is 15.9 Å². The third-order valence-corrected chi connectivity index (χ3v) is 4.03. The first-order valence-corrected chi connectivity index (χ1v) is 8.15. The number of carbonyl (C=O) groups is 1. The Bertz CT molecular complexity index is 789. The van der Waals surface area contributed by atoms with Crippen LogP contribution in [0.25, 0.3) is 0 Å². The Balaban J connectivity index is 1.72. The Labute approximate surface area is 142 Å². The molecule has 4 nitrogen and oxygen atoms in total. The van der Waals surface area contributed by atoms with E-state index in [1.165, 1.54) is 11.3 Å². The van der Waals surface area contributed by atoms with E-state index in [1.807, 2.05) is 18.2 Å². The fraction of sp³-hybridized carbons (Fsp3) is 0.0588. The van der Waals surface area contributed by atoms with Gasteiger partial charge in [0.2, 0.25) is 0 Å². The fourth-order valence-corrected chi connectivity index (χ4v) is 2.62. The molecule has 116 valence electrons. The maximum Gasteiger partial charge on any atom is 0.261 e. The van der Waals surface area contributed by atoms with Crippen LogP contribution in [0.3, 0.4) is 0 Å². The molecule has 0 saturated carbocycles. The predicted molar refractivity (Wildman–Crippen MR) is 92.3 cm³/mol. The molecule has 0 aliphatic rings. The van der Waals surface area contributed by atoms with Crippen molar-refractivity contribution in [2.24, 2.45) is 0 Å². The summed E-state index contributed by atoms with van der Waals surface area (Å²) in [5, 5.41) is 5.80. The zero-order valence-electron chi connectivity index (χ0n) is 12.0. The van der Waals surface area contributed by atoms with Gasteiger partial charge < -0.3 is 4.74 Å². The molecular weight excluding hydrogens is 332 g/mol. The summed E-state index contributed by atoms with van der Waals surface area (Å²) in [5.74, 6) is 0.281. The van der Waals surface area contributed by atoms with Crippen LogP contribution < -0.4 is 10.1 Å². The summed E-state index contributed by atoms with van der Waals surface area (Å²) in [6.07, 6.45) is 1.64. The second-order valence-corrected chi connectivity index (χ2v) is 6.03. The van der Waals surface area contributed by atoms with E-state index in [1.54, 1.807) is 41.9 Å². The zero-order chi connectivity index (χ0) is 16.1. The van der Waals surface area contributed by atoms with E-state index < -0.39 is 0 Å². The summed E-state index contributed by atoms with van der Waals surface area (Å²) >= 11 is 7.23. The molecular formula is C17H13ClN2O2S. The van der Waals surface area contributed by atoms with Gasteiger partial charge in [-0.25, -0.2) is 4.98 Å². The Kier molecular flexibility index (Phi) is 4.90. The Morgan fingerprint density at radius 1 is 1.17 bits per heavy atom. The molecule has 0 fully saturated rings. The van der Waals surface area contributed by atoms with Crippen LogP contribution in [0.15, 0.2) is 60.1 Å². The topological polar surface area (TPSA) is 51.2 Å². The maximum absolute atomic E-state index is 12.3. The molecule has 1 amide bonds. The van der Waals surface area contributed by atoms with E-state index in [4.69, 9.17) is 16.3 Å². The number of nitrogens with zero attached hydrogens (tertiary/aromatic N) is 1. The van der Waals surface area contributed by atoms with Crippen molar-refractivity contribution in [2.45, 2.75) is 6.61 Å². The Morgan fingerprint density at radius 3 is 2.70 bits per heavy atom. The van der Waals surface area contributed by atoms with E-state index in [2.05, 4.69) is 10.3 Å². The molecule has 1 aromatic heterocycles. The number of halogens is 1. The number of benzene rings is 2. The minimum Gasteiger partial charge on any atom is -0.488 e. The molecule has 3 aromatic rings. The molecule has 0 spiro atoms. The normalized spacial score (nSPS) is 10.3. The van der Waals surface area contributed by atoms with Crippen LogP contribution in [-0.2, 0) is 6.61 Å². The Hall–Kier alpha value is -2.37. The molecule has 0 atom stereocenters. The van der Waals surface area contributed by atoms with E-state index >= 15 is 0 Å². The first-order valence-electron chi connectivity index (χ1n) is 6.89. The molecule has 3 rings (SSSR count). The Morgan fingerprint density at radius 2 is 1.96 bits per heavy atom. The number of amides is 1. The number of carbonyl (C=O) groups excluding carboxylic acids is 1. The summed E-state index contributed by atoms with van der Waals surface area (Å²) in [5.41, 5.74) is 1.45. The monoisotopic (exact) mass is 344 g/mol. The van der Waals surface area contributed by atoms with Crippen molar-refractivity contribution in [3.05, 3.63) is 76.3 Å². The van der Waals surface area contributed by atoms with E-state index in [0.717, 1.165) is 5.56 Å². The average molecular weight is 345 g/mol. The highest BCUT2D eigenvalue weighted by Crippen LogP contribution is 2.22. The smallest absolute Gasteiger partial charge is 0.261 e. The molecule has 2 aromatic carbocycles. The summed E-state index contributed by atoms with van der Waals surface area (Å²) in [6, 6.07) is 14.5. The van der Waals surface area contributed by atoms with Crippen molar-refractivity contribution in [1.29, 1.82) is 0 Å². The quantitative estimate of drug-likeness (QED) is 0.734. The summed E-state index contributed by atoms with van der Waals surface area (Å²) < 4.78 is 5.78. The SMILES string of the molecule is O=C(Nc1nccs1)c1ccccc1OCc1ccc(Cl)cc1. The second-order valence-electron chi connectivity index (χ2n) is 4.70. The lowest BCUT2D eigenvalue weighted by molar-refractivity contribution is 0.102. The highest BCUT2D eigenvalue weighted by molar-refractivity contribution is 7.13. The lowest BCUT2D eigenvalue weighted by atomic mass is 10.2. The van der Waals surface area contributed by atoms with Gasteiger partial charge in [0.25, 0.3) is 5.91 Å². The first-order chi connectivity index (χ1) is 11.2. The summed E-state index contributed by atoms with van der Waals surface area (Å²) in [7, 11) is 0. The van der Waals surface area contributed by atoms with Gasteiger partial charge in [0.15, 0.2) is 5.13 Å². The van der Waals surface area contributed by atoms with Crippen LogP contribution in [0.4, 0.5) is 5.13 Å². The average Bonchev–Trinajstić information content (AvgIpc) is 3.07. The molecule has 0 aliphatic heterocycles. The molecule has 0 aliphatic carbocycles. The van der Waals surface area contributed by atoms with Gasteiger partial charge in [0.1, 0.15) is 12.4 Å². The van der Waals surface area contributed by atoms with Crippen LogP contribution in [0.2, 0.25) is 5.02 Å². The molecule has 0 radical (unpaired) electrons. The van der Waals surface area contributed by atoms with Crippen LogP contribution in [-0.4, -0.2) is 10.9 Å². The van der Waals surface area contributed by atoms with Crippen LogP contribution in [0, 0.1) is 0 Å². The largest absolute Gasteiger partial charge is 0.488 e. The number of para-hydroxylation sites is 1. The van der Waals surface area contributed by atoms with Gasteiger partial charge >= 0.3 is 0 Å². The summed E-state index contributed by atoms with van der Waals surface area (Å²) in [6.45, 7) is 0.360. The van der Waals surface area contributed by atoms with Gasteiger partial charge in [0.05, 0.1) is 5.56 Å². The molecule has 6 heteroatoms. The fourth-order valence-electron chi connectivity index (χ4n) is 1.97. The van der Waals surface area contributed by atoms with Gasteiger partial charge in [-0.15, -0.1) is 11.3 Å². The standard InChI is InChI=1S/C17H13ClN2O2S/c18-13-7-5-12(6-8-13)11-22-15-4-2-1-3-14(15)16(21)20-17-19-9-10-23-17/h1-10H,11H2,(H,19,20,21). The van der Waals surface area contributed by atoms with Gasteiger partial charge in [-0.2, -0.15) is 0 Å². The van der Waals surface area contributed by atoms with E-state index in [0.29, 0.717) is 28.1 Å². The number of rotatable bonds is 5. The highest BCUT2D eigenvalue weighted by Gasteiger charge is 2.13. The van der Waals surface area contributed by atoms with Crippen LogP contribution >= 0.6 is 22.9 Å². The molecule has 1 N–H and O–H groups in total. The molecule has 0 bridgehead atoms. The number of nitrogens with one attached hydrogen (secondary N) is 1. The summed E-state index contributed by atoms with van der Waals surface area (Å²) in [4.78, 5) is 16.4. The number of anilines is 1. The number of ether oxygens (including phenoxy) is 1. The highest BCUT2D eigenvalue weighted by atomic mass is 35.5. The third-order valence-electron chi connectivity index (χ3n) is 3.09. The lowest BCUT2D eigenvalue weighted by Gasteiger charge is -2.11. The maximum atomic E-state index is 12.3. The lowest BCUT2D eigenvalue weighted by Crippen LogP contribution is -2.13. The molecule has 23 heavy (non-hydrogen) atoms. The van der Waals surface area contributed by atoms with Crippen molar-refractivity contribution in [1.82, 2.24) is 4.98 Å². The van der Waals surface area contributed by atoms with Crippen molar-refractivity contribution in [3.8, 4) is 5.75 Å². The van der Waals surface area contributed by atoms with Gasteiger partial charge in [-0.05, 0) is 29.8 Å². The predicted octanol–water partition coefficient (Wildman–Crippen LogP) is 4.63. The van der Waals surface area contributed by atoms with Gasteiger partial charge in [-0.1, -0.05) is 35.9 Å². The minimum absolute atomic E-state index is 0.244. The van der Waals surface area contributed by atoms with Crippen molar-refractivity contribution in [3.63, 3.8) is 0 Å². The first kappa shape index (κ1) is 15.5. The number of thiazole rings is 1. The van der Waals surface area contributed by atoms with Gasteiger partial charge in [0, 0.05) is 16.6 Å². The van der Waals surface area contributed by atoms with E-state index in [-0.39, 0.29) is 5.91 Å².